The Hall–Kier alpha value is -0.290. The molecule has 0 spiro atoms. The molecule has 1 aliphatic rings. The number of hydrogen-bond acceptors (Lipinski definition) is 3. The Bertz CT molecular complexity index is 434. The summed E-state index contributed by atoms with van der Waals surface area (Å²) in [5.41, 5.74) is 0.539. The molecule has 1 unspecified atom stereocenters. The molecule has 1 amide bonds. The van der Waals surface area contributed by atoms with E-state index in [1.165, 1.54) is 17.8 Å². The lowest BCUT2D eigenvalue weighted by molar-refractivity contribution is 0.0675. The minimum absolute atomic E-state index is 0.00366. The maximum absolute atomic E-state index is 12.4. The quantitative estimate of drug-likeness (QED) is 0.930. The van der Waals surface area contributed by atoms with Gasteiger partial charge in [-0.25, -0.2) is 0 Å². The molecule has 0 aromatic carbocycles. The zero-order valence-electron chi connectivity index (χ0n) is 10.2. The van der Waals surface area contributed by atoms with Gasteiger partial charge in [-0.05, 0) is 38.4 Å². The first-order valence-electron chi connectivity index (χ1n) is 6.00. The predicted molar refractivity (Wildman–Crippen MR) is 76.9 cm³/mol. The number of halogens is 2. The van der Waals surface area contributed by atoms with E-state index in [4.69, 9.17) is 23.2 Å². The highest BCUT2D eigenvalue weighted by atomic mass is 35.5. The highest BCUT2D eigenvalue weighted by Crippen LogP contribution is 2.32. The lowest BCUT2D eigenvalue weighted by atomic mass is 9.97. The van der Waals surface area contributed by atoms with Crippen LogP contribution in [-0.2, 0) is 0 Å². The van der Waals surface area contributed by atoms with Crippen molar-refractivity contribution in [3.63, 3.8) is 0 Å². The largest absolute Gasteiger partial charge is 0.338 e. The topological polar surface area (TPSA) is 32.3 Å². The van der Waals surface area contributed by atoms with Gasteiger partial charge in [0.1, 0.15) is 4.34 Å². The summed E-state index contributed by atoms with van der Waals surface area (Å²) in [6, 6.07) is 1.67. The number of nitrogens with zero attached hydrogens (tertiary/aromatic N) is 1. The van der Waals surface area contributed by atoms with E-state index in [9.17, 15) is 4.79 Å². The fraction of sp³-hybridized carbons (Fsp3) is 0.583. The molecule has 1 fully saturated rings. The Morgan fingerprint density at radius 3 is 3.00 bits per heavy atom. The van der Waals surface area contributed by atoms with Crippen molar-refractivity contribution < 1.29 is 4.79 Å². The van der Waals surface area contributed by atoms with Gasteiger partial charge >= 0.3 is 0 Å². The summed E-state index contributed by atoms with van der Waals surface area (Å²) in [6.07, 6.45) is 2.22. The second-order valence-corrected chi connectivity index (χ2v) is 6.84. The van der Waals surface area contributed by atoms with Crippen LogP contribution < -0.4 is 5.32 Å². The first-order valence-corrected chi connectivity index (χ1v) is 7.57. The van der Waals surface area contributed by atoms with Gasteiger partial charge in [0, 0.05) is 13.1 Å². The van der Waals surface area contributed by atoms with E-state index in [0.29, 0.717) is 20.2 Å². The Labute approximate surface area is 121 Å². The molecule has 1 atom stereocenters. The van der Waals surface area contributed by atoms with Crippen molar-refractivity contribution in [1.82, 2.24) is 10.2 Å². The predicted octanol–water partition coefficient (Wildman–Crippen LogP) is 3.13. The number of likely N-dealkylation sites (tertiary alicyclic amines) is 1. The number of carbonyl (C=O) groups excluding carboxylic acids is 1. The number of amides is 1. The molecule has 100 valence electrons. The average molecular weight is 307 g/mol. The summed E-state index contributed by atoms with van der Waals surface area (Å²) >= 11 is 13.2. The van der Waals surface area contributed by atoms with Crippen molar-refractivity contribution in [3.8, 4) is 0 Å². The molecule has 0 radical (unpaired) electrons. The van der Waals surface area contributed by atoms with Crippen LogP contribution in [0.4, 0.5) is 0 Å². The van der Waals surface area contributed by atoms with Crippen molar-refractivity contribution in [3.05, 3.63) is 20.3 Å². The molecule has 0 aliphatic carbocycles. The van der Waals surface area contributed by atoms with E-state index in [1.807, 2.05) is 11.9 Å². The number of nitrogens with one attached hydrogen (secondary N) is 1. The zero-order chi connectivity index (χ0) is 13.1. The average Bonchev–Trinajstić information content (AvgIpc) is 2.68. The standard InChI is InChI=1S/C12H16Cl2N2OS/c1-15-6-8-3-2-4-16(7-8)12(17)9-5-10(13)18-11(9)14/h5,8,15H,2-4,6-7H2,1H3. The van der Waals surface area contributed by atoms with Crippen LogP contribution in [0.1, 0.15) is 23.2 Å². The first-order chi connectivity index (χ1) is 8.61. The lowest BCUT2D eigenvalue weighted by Crippen LogP contribution is -2.42. The van der Waals surface area contributed by atoms with Crippen molar-refractivity contribution in [2.45, 2.75) is 12.8 Å². The molecule has 2 heterocycles. The van der Waals surface area contributed by atoms with Crippen molar-refractivity contribution in [2.75, 3.05) is 26.7 Å². The third-order valence-corrected chi connectivity index (χ3v) is 4.67. The molecule has 2 rings (SSSR count). The van der Waals surface area contributed by atoms with Gasteiger partial charge in [-0.1, -0.05) is 23.2 Å². The summed E-state index contributed by atoms with van der Waals surface area (Å²) in [4.78, 5) is 14.2. The highest BCUT2D eigenvalue weighted by Gasteiger charge is 2.26. The van der Waals surface area contributed by atoms with Crippen molar-refractivity contribution >= 4 is 40.4 Å². The molecule has 1 aromatic heterocycles. The molecule has 0 bridgehead atoms. The zero-order valence-corrected chi connectivity index (χ0v) is 12.5. The third kappa shape index (κ3) is 3.18. The maximum atomic E-state index is 12.4. The molecule has 6 heteroatoms. The fourth-order valence-electron chi connectivity index (χ4n) is 2.36. The summed E-state index contributed by atoms with van der Waals surface area (Å²) in [6.45, 7) is 2.55. The van der Waals surface area contributed by atoms with Gasteiger partial charge in [-0.3, -0.25) is 4.79 Å². The Morgan fingerprint density at radius 1 is 1.61 bits per heavy atom. The van der Waals surface area contributed by atoms with Crippen LogP contribution in [0.3, 0.4) is 0 Å². The number of hydrogen-bond donors (Lipinski definition) is 1. The number of piperidine rings is 1. The Balaban J connectivity index is 2.06. The van der Waals surface area contributed by atoms with E-state index in [0.717, 1.165) is 26.1 Å². The van der Waals surface area contributed by atoms with Gasteiger partial charge in [0.05, 0.1) is 9.90 Å². The van der Waals surface area contributed by atoms with Crippen molar-refractivity contribution in [2.24, 2.45) is 5.92 Å². The first kappa shape index (κ1) is 14.1. The minimum Gasteiger partial charge on any atom is -0.338 e. The van der Waals surface area contributed by atoms with Crippen LogP contribution >= 0.6 is 34.5 Å². The number of thiophene rings is 1. The molecular formula is C12H16Cl2N2OS. The molecule has 1 N–H and O–H groups in total. The van der Waals surface area contributed by atoms with Crippen LogP contribution in [0.15, 0.2) is 6.07 Å². The van der Waals surface area contributed by atoms with Gasteiger partial charge in [0.15, 0.2) is 0 Å². The molecule has 1 aromatic rings. The SMILES string of the molecule is CNCC1CCCN(C(=O)c2cc(Cl)sc2Cl)C1. The van der Waals surface area contributed by atoms with E-state index < -0.39 is 0 Å². The van der Waals surface area contributed by atoms with Crippen LogP contribution in [-0.4, -0.2) is 37.5 Å². The Kier molecular flexibility index (Phi) is 4.90. The normalized spacial score (nSPS) is 20.2. The summed E-state index contributed by atoms with van der Waals surface area (Å²) in [5, 5.41) is 3.17. The third-order valence-electron chi connectivity index (χ3n) is 3.19. The van der Waals surface area contributed by atoms with Gasteiger partial charge in [0.25, 0.3) is 5.91 Å². The van der Waals surface area contributed by atoms with Gasteiger partial charge in [0.2, 0.25) is 0 Å². The highest BCUT2D eigenvalue weighted by molar-refractivity contribution is 7.20. The number of carbonyl (C=O) groups is 1. The molecule has 3 nitrogen and oxygen atoms in total. The molecule has 18 heavy (non-hydrogen) atoms. The maximum Gasteiger partial charge on any atom is 0.256 e. The van der Waals surface area contributed by atoms with Crippen molar-refractivity contribution in [1.29, 1.82) is 0 Å². The molecule has 1 saturated heterocycles. The van der Waals surface area contributed by atoms with Crippen LogP contribution in [0.25, 0.3) is 0 Å². The minimum atomic E-state index is 0.00366. The van der Waals surface area contributed by atoms with E-state index in [1.54, 1.807) is 6.07 Å². The molecular weight excluding hydrogens is 291 g/mol. The van der Waals surface area contributed by atoms with Gasteiger partial charge in [-0.2, -0.15) is 0 Å². The Morgan fingerprint density at radius 2 is 2.39 bits per heavy atom. The number of rotatable bonds is 3. The van der Waals surface area contributed by atoms with Gasteiger partial charge in [-0.15, -0.1) is 11.3 Å². The lowest BCUT2D eigenvalue weighted by Gasteiger charge is -2.32. The van der Waals surface area contributed by atoms with E-state index in [2.05, 4.69) is 5.32 Å². The molecule has 1 aliphatic heterocycles. The summed E-state index contributed by atoms with van der Waals surface area (Å²) in [7, 11) is 1.94. The molecule has 0 saturated carbocycles. The second kappa shape index (κ2) is 6.24. The van der Waals surface area contributed by atoms with E-state index >= 15 is 0 Å². The summed E-state index contributed by atoms with van der Waals surface area (Å²) in [5.74, 6) is 0.532. The fourth-order valence-corrected chi connectivity index (χ4v) is 3.81. The van der Waals surface area contributed by atoms with Crippen LogP contribution in [0.5, 0.6) is 0 Å². The smallest absolute Gasteiger partial charge is 0.256 e. The monoisotopic (exact) mass is 306 g/mol. The van der Waals surface area contributed by atoms with Gasteiger partial charge < -0.3 is 10.2 Å². The summed E-state index contributed by atoms with van der Waals surface area (Å²) < 4.78 is 1.05. The van der Waals surface area contributed by atoms with Crippen LogP contribution in [0, 0.1) is 5.92 Å². The van der Waals surface area contributed by atoms with E-state index in [-0.39, 0.29) is 5.91 Å². The second-order valence-electron chi connectivity index (χ2n) is 4.55. The van der Waals surface area contributed by atoms with Crippen LogP contribution in [0.2, 0.25) is 8.67 Å².